The summed E-state index contributed by atoms with van der Waals surface area (Å²) in [5.74, 6) is 0.663. The highest BCUT2D eigenvalue weighted by Gasteiger charge is 2.22. The van der Waals surface area contributed by atoms with Crippen LogP contribution in [0.1, 0.15) is 18.4 Å². The van der Waals surface area contributed by atoms with Crippen molar-refractivity contribution in [2.24, 2.45) is 5.92 Å². The number of amides is 1. The summed E-state index contributed by atoms with van der Waals surface area (Å²) in [4.78, 5) is 12.3. The van der Waals surface area contributed by atoms with Crippen molar-refractivity contribution in [3.63, 3.8) is 0 Å². The van der Waals surface area contributed by atoms with Crippen LogP contribution in [0.2, 0.25) is 10.0 Å². The topological polar surface area (TPSA) is 56.2 Å². The fourth-order valence-electron chi connectivity index (χ4n) is 2.56. The molecule has 5 nitrogen and oxygen atoms in total. The monoisotopic (exact) mass is 353 g/mol. The highest BCUT2D eigenvalue weighted by Crippen LogP contribution is 2.23. The van der Waals surface area contributed by atoms with Crippen molar-refractivity contribution in [2.45, 2.75) is 19.4 Å². The first kappa shape index (κ1) is 16.3. The van der Waals surface area contributed by atoms with Gasteiger partial charge in [0.05, 0.1) is 12.7 Å². The van der Waals surface area contributed by atoms with Crippen molar-refractivity contribution in [2.75, 3.05) is 18.5 Å². The van der Waals surface area contributed by atoms with Gasteiger partial charge in [-0.25, -0.2) is 4.68 Å². The Morgan fingerprint density at radius 1 is 1.30 bits per heavy atom. The van der Waals surface area contributed by atoms with Gasteiger partial charge in [0, 0.05) is 35.2 Å². The van der Waals surface area contributed by atoms with Crippen LogP contribution in [-0.4, -0.2) is 28.9 Å². The molecule has 23 heavy (non-hydrogen) atoms. The highest BCUT2D eigenvalue weighted by molar-refractivity contribution is 6.35. The van der Waals surface area contributed by atoms with Crippen LogP contribution in [0.4, 0.5) is 5.82 Å². The standard InChI is InChI=1S/C16H17Cl2N3O2/c17-13-2-1-12(14(18)9-13)10-21-15(3-6-19-21)20-16(22)11-4-7-23-8-5-11/h1-3,6,9,11H,4-5,7-8,10H2,(H,20,22). The van der Waals surface area contributed by atoms with E-state index in [1.165, 1.54) is 0 Å². The third kappa shape index (κ3) is 4.05. The van der Waals surface area contributed by atoms with E-state index in [0.717, 1.165) is 18.4 Å². The molecule has 2 aromatic rings. The number of carbonyl (C=O) groups excluding carboxylic acids is 1. The minimum absolute atomic E-state index is 0.00813. The molecule has 1 aromatic heterocycles. The van der Waals surface area contributed by atoms with Gasteiger partial charge >= 0.3 is 0 Å². The Morgan fingerprint density at radius 3 is 2.83 bits per heavy atom. The van der Waals surface area contributed by atoms with Gasteiger partial charge in [-0.2, -0.15) is 5.10 Å². The second-order valence-electron chi connectivity index (χ2n) is 5.49. The number of ether oxygens (including phenoxy) is 1. The average molecular weight is 354 g/mol. The molecule has 1 fully saturated rings. The summed E-state index contributed by atoms with van der Waals surface area (Å²) in [6.07, 6.45) is 3.16. The summed E-state index contributed by atoms with van der Waals surface area (Å²) in [6, 6.07) is 7.12. The molecule has 2 heterocycles. The minimum atomic E-state index is -0.00813. The Bertz CT molecular complexity index is 696. The lowest BCUT2D eigenvalue weighted by Gasteiger charge is -2.21. The van der Waals surface area contributed by atoms with Gasteiger partial charge in [-0.05, 0) is 30.5 Å². The lowest BCUT2D eigenvalue weighted by molar-refractivity contribution is -0.122. The Labute approximate surface area is 144 Å². The molecule has 0 saturated carbocycles. The zero-order chi connectivity index (χ0) is 16.2. The van der Waals surface area contributed by atoms with Gasteiger partial charge < -0.3 is 10.1 Å². The maximum Gasteiger partial charge on any atom is 0.228 e. The molecule has 1 amide bonds. The Balaban J connectivity index is 1.70. The highest BCUT2D eigenvalue weighted by atomic mass is 35.5. The number of hydrogen-bond donors (Lipinski definition) is 1. The van der Waals surface area contributed by atoms with Gasteiger partial charge in [0.15, 0.2) is 0 Å². The second kappa shape index (κ2) is 7.34. The molecular formula is C16H17Cl2N3O2. The Hall–Kier alpha value is -1.56. The van der Waals surface area contributed by atoms with Gasteiger partial charge in [0.2, 0.25) is 5.91 Å². The number of nitrogens with zero attached hydrogens (tertiary/aromatic N) is 2. The number of aromatic nitrogens is 2. The number of anilines is 1. The summed E-state index contributed by atoms with van der Waals surface area (Å²) in [5, 5.41) is 8.38. The molecule has 0 unspecified atom stereocenters. The number of benzene rings is 1. The van der Waals surface area contributed by atoms with Crippen LogP contribution in [0.15, 0.2) is 30.5 Å². The first-order chi connectivity index (χ1) is 11.1. The SMILES string of the molecule is O=C(Nc1ccnn1Cc1ccc(Cl)cc1Cl)C1CCOCC1. The van der Waals surface area contributed by atoms with Crippen LogP contribution >= 0.6 is 23.2 Å². The van der Waals surface area contributed by atoms with Crippen molar-refractivity contribution in [3.05, 3.63) is 46.1 Å². The molecular weight excluding hydrogens is 337 g/mol. The molecule has 1 saturated heterocycles. The fourth-order valence-corrected chi connectivity index (χ4v) is 3.03. The van der Waals surface area contributed by atoms with Gasteiger partial charge in [-0.1, -0.05) is 29.3 Å². The van der Waals surface area contributed by atoms with E-state index < -0.39 is 0 Å². The van der Waals surface area contributed by atoms with E-state index in [0.29, 0.717) is 35.6 Å². The molecule has 0 atom stereocenters. The normalized spacial score (nSPS) is 15.6. The van der Waals surface area contributed by atoms with Gasteiger partial charge in [-0.3, -0.25) is 4.79 Å². The molecule has 3 rings (SSSR count). The molecule has 7 heteroatoms. The number of nitrogens with one attached hydrogen (secondary N) is 1. The first-order valence-electron chi connectivity index (χ1n) is 7.48. The van der Waals surface area contributed by atoms with E-state index in [2.05, 4.69) is 10.4 Å². The van der Waals surface area contributed by atoms with Crippen molar-refractivity contribution in [3.8, 4) is 0 Å². The van der Waals surface area contributed by atoms with Crippen molar-refractivity contribution in [1.82, 2.24) is 9.78 Å². The third-order valence-corrected chi connectivity index (χ3v) is 4.48. The smallest absolute Gasteiger partial charge is 0.228 e. The lowest BCUT2D eigenvalue weighted by Crippen LogP contribution is -2.29. The first-order valence-corrected chi connectivity index (χ1v) is 8.23. The quantitative estimate of drug-likeness (QED) is 0.913. The zero-order valence-electron chi connectivity index (χ0n) is 12.5. The molecule has 1 aliphatic rings. The van der Waals surface area contributed by atoms with E-state index in [1.807, 2.05) is 6.07 Å². The molecule has 0 aliphatic carbocycles. The molecule has 0 spiro atoms. The van der Waals surface area contributed by atoms with Crippen LogP contribution in [0, 0.1) is 5.92 Å². The van der Waals surface area contributed by atoms with Crippen molar-refractivity contribution >= 4 is 34.9 Å². The summed E-state index contributed by atoms with van der Waals surface area (Å²) < 4.78 is 7.00. The maximum atomic E-state index is 12.3. The summed E-state index contributed by atoms with van der Waals surface area (Å²) in [7, 11) is 0. The van der Waals surface area contributed by atoms with Crippen LogP contribution < -0.4 is 5.32 Å². The molecule has 1 N–H and O–H groups in total. The van der Waals surface area contributed by atoms with Crippen LogP contribution in [0.3, 0.4) is 0 Å². The van der Waals surface area contributed by atoms with Gasteiger partial charge in [0.25, 0.3) is 0 Å². The summed E-state index contributed by atoms with van der Waals surface area (Å²) in [6.45, 7) is 1.74. The Kier molecular flexibility index (Phi) is 5.20. The van der Waals surface area contributed by atoms with Crippen molar-refractivity contribution < 1.29 is 9.53 Å². The third-order valence-electron chi connectivity index (χ3n) is 3.90. The summed E-state index contributed by atoms with van der Waals surface area (Å²) in [5.41, 5.74) is 0.890. The van der Waals surface area contributed by atoms with Crippen LogP contribution in [-0.2, 0) is 16.1 Å². The van der Waals surface area contributed by atoms with E-state index in [4.69, 9.17) is 27.9 Å². The average Bonchev–Trinajstić information content (AvgIpc) is 2.98. The largest absolute Gasteiger partial charge is 0.381 e. The number of rotatable bonds is 4. The van der Waals surface area contributed by atoms with E-state index in [9.17, 15) is 4.79 Å². The van der Waals surface area contributed by atoms with E-state index in [-0.39, 0.29) is 11.8 Å². The summed E-state index contributed by atoms with van der Waals surface area (Å²) >= 11 is 12.1. The van der Waals surface area contributed by atoms with E-state index in [1.54, 1.807) is 29.1 Å². The maximum absolute atomic E-state index is 12.3. The van der Waals surface area contributed by atoms with Gasteiger partial charge in [0.1, 0.15) is 5.82 Å². The molecule has 1 aromatic carbocycles. The minimum Gasteiger partial charge on any atom is -0.381 e. The van der Waals surface area contributed by atoms with E-state index >= 15 is 0 Å². The van der Waals surface area contributed by atoms with Gasteiger partial charge in [-0.15, -0.1) is 0 Å². The van der Waals surface area contributed by atoms with Crippen molar-refractivity contribution in [1.29, 1.82) is 0 Å². The predicted octanol–water partition coefficient (Wildman–Crippen LogP) is 3.60. The molecule has 0 radical (unpaired) electrons. The zero-order valence-corrected chi connectivity index (χ0v) is 14.0. The number of hydrogen-bond acceptors (Lipinski definition) is 3. The molecule has 1 aliphatic heterocycles. The lowest BCUT2D eigenvalue weighted by atomic mass is 9.99. The second-order valence-corrected chi connectivity index (χ2v) is 6.33. The fraction of sp³-hybridized carbons (Fsp3) is 0.375. The van der Waals surface area contributed by atoms with Crippen LogP contribution in [0.25, 0.3) is 0 Å². The number of carbonyl (C=O) groups is 1. The predicted molar refractivity (Wildman–Crippen MR) is 90.0 cm³/mol. The Morgan fingerprint density at radius 2 is 2.09 bits per heavy atom. The van der Waals surface area contributed by atoms with Crippen LogP contribution in [0.5, 0.6) is 0 Å². The number of halogens is 2. The molecule has 122 valence electrons. The molecule has 0 bridgehead atoms.